The lowest BCUT2D eigenvalue weighted by molar-refractivity contribution is -0.160. The van der Waals surface area contributed by atoms with Gasteiger partial charge in [0, 0.05) is 0 Å². The van der Waals surface area contributed by atoms with E-state index in [-0.39, 0.29) is 29.0 Å². The van der Waals surface area contributed by atoms with Crippen LogP contribution in [-0.2, 0) is 9.53 Å². The summed E-state index contributed by atoms with van der Waals surface area (Å²) in [5.41, 5.74) is 5.05. The van der Waals surface area contributed by atoms with Gasteiger partial charge in [-0.15, -0.1) is 17.0 Å². The lowest BCUT2D eigenvalue weighted by Gasteiger charge is -2.18. The fourth-order valence-corrected chi connectivity index (χ4v) is 0.248. The number of hydrogen-bond acceptors (Lipinski definition) is 3. The van der Waals surface area contributed by atoms with E-state index >= 15 is 0 Å². The molecule has 0 saturated carbocycles. The van der Waals surface area contributed by atoms with Gasteiger partial charge in [0.1, 0.15) is 12.6 Å². The third-order valence-electron chi connectivity index (χ3n) is 0.708. The van der Waals surface area contributed by atoms with E-state index < -0.39 is 0 Å². The molecule has 1 heterocycles. The van der Waals surface area contributed by atoms with Crippen LogP contribution in [0.25, 0.3) is 0 Å². The lowest BCUT2D eigenvalue weighted by Crippen LogP contribution is -2.47. The predicted molar refractivity (Wildman–Crippen MR) is 29.3 cm³/mol. The van der Waals surface area contributed by atoms with Crippen LogP contribution in [-0.4, -0.2) is 18.6 Å². The van der Waals surface area contributed by atoms with Crippen molar-refractivity contribution >= 4 is 23.0 Å². The molecule has 1 fully saturated rings. The molecule has 0 aromatic rings. The summed E-state index contributed by atoms with van der Waals surface area (Å²) >= 11 is 0. The van der Waals surface area contributed by atoms with Gasteiger partial charge >= 0.3 is 5.97 Å². The van der Waals surface area contributed by atoms with Crippen LogP contribution in [0, 0.1) is 0 Å². The second-order valence-electron chi connectivity index (χ2n) is 1.24. The summed E-state index contributed by atoms with van der Waals surface area (Å²) in [6.45, 7) is 0.402. The van der Waals surface area contributed by atoms with Gasteiger partial charge in [0.05, 0.1) is 0 Å². The van der Waals surface area contributed by atoms with E-state index in [1.807, 2.05) is 0 Å². The van der Waals surface area contributed by atoms with Crippen LogP contribution in [0.5, 0.6) is 0 Å². The zero-order chi connectivity index (χ0) is 4.57. The molecule has 3 nitrogen and oxygen atoms in total. The quantitative estimate of drug-likeness (QED) is 0.493. The molecule has 0 aliphatic carbocycles. The van der Waals surface area contributed by atoms with Crippen LogP contribution in [0.2, 0.25) is 0 Å². The molecule has 1 saturated heterocycles. The Labute approximate surface area is 51.6 Å². The topological polar surface area (TPSA) is 52.3 Å². The zero-order valence-electron chi connectivity index (χ0n) is 3.59. The van der Waals surface area contributed by atoms with E-state index in [0.717, 1.165) is 0 Å². The largest absolute Gasteiger partial charge is 0.462 e. The van der Waals surface area contributed by atoms with Crippen LogP contribution < -0.4 is 5.73 Å². The molecule has 1 atom stereocenters. The van der Waals surface area contributed by atoms with Crippen molar-refractivity contribution in [2.24, 2.45) is 5.73 Å². The summed E-state index contributed by atoms with van der Waals surface area (Å²) in [7, 11) is 0. The smallest absolute Gasteiger partial charge is 0.326 e. The number of nitrogens with two attached hydrogens (primary N) is 1. The highest BCUT2D eigenvalue weighted by Crippen LogP contribution is 1.96. The highest BCUT2D eigenvalue weighted by molar-refractivity contribution is 8.93. The van der Waals surface area contributed by atoms with Gasteiger partial charge in [-0.3, -0.25) is 4.79 Å². The summed E-state index contributed by atoms with van der Waals surface area (Å²) in [6, 6.07) is -0.329. The van der Waals surface area contributed by atoms with Crippen molar-refractivity contribution < 1.29 is 9.53 Å². The highest BCUT2D eigenvalue weighted by Gasteiger charge is 2.25. The molecule has 0 unspecified atom stereocenters. The summed E-state index contributed by atoms with van der Waals surface area (Å²) in [6.07, 6.45) is 0. The number of carbonyl (C=O) groups excluding carboxylic acids is 1. The molecule has 0 aromatic carbocycles. The maximum atomic E-state index is 9.88. The first kappa shape index (κ1) is 6.91. The van der Waals surface area contributed by atoms with Gasteiger partial charge in [0.2, 0.25) is 0 Å². The number of esters is 1. The third-order valence-corrected chi connectivity index (χ3v) is 0.708. The Kier molecular flexibility index (Phi) is 2.25. The standard InChI is InChI=1S/C3H5NO2.BrH/c4-2-1-6-3(2)5;/h2H,1,4H2;1H/t2-;/m0./s1. The number of carbonyl (C=O) groups is 1. The van der Waals surface area contributed by atoms with Crippen LogP contribution in [0.15, 0.2) is 0 Å². The van der Waals surface area contributed by atoms with Crippen molar-refractivity contribution in [3.8, 4) is 0 Å². The molecule has 1 rings (SSSR count). The van der Waals surface area contributed by atoms with E-state index in [1.165, 1.54) is 0 Å². The fraction of sp³-hybridized carbons (Fsp3) is 0.667. The van der Waals surface area contributed by atoms with E-state index in [4.69, 9.17) is 5.73 Å². The van der Waals surface area contributed by atoms with Gasteiger partial charge in [0.25, 0.3) is 0 Å². The molecule has 0 radical (unpaired) electrons. The molecular formula is C3H6BrNO2. The Morgan fingerprint density at radius 2 is 2.29 bits per heavy atom. The number of rotatable bonds is 0. The van der Waals surface area contributed by atoms with Crippen molar-refractivity contribution in [2.45, 2.75) is 6.04 Å². The second-order valence-corrected chi connectivity index (χ2v) is 1.24. The van der Waals surface area contributed by atoms with E-state index in [0.29, 0.717) is 6.61 Å². The lowest BCUT2D eigenvalue weighted by atomic mass is 10.3. The fourth-order valence-electron chi connectivity index (χ4n) is 0.248. The molecule has 2 N–H and O–H groups in total. The molecule has 0 amide bonds. The molecule has 0 spiro atoms. The SMILES string of the molecule is Br.N[C@H]1COC1=O. The maximum Gasteiger partial charge on any atom is 0.326 e. The number of ether oxygens (including phenoxy) is 1. The van der Waals surface area contributed by atoms with Crippen LogP contribution in [0.1, 0.15) is 0 Å². The molecule has 7 heavy (non-hydrogen) atoms. The average Bonchev–Trinajstić information content (AvgIpc) is 1.61. The van der Waals surface area contributed by atoms with E-state index in [2.05, 4.69) is 4.74 Å². The monoisotopic (exact) mass is 167 g/mol. The van der Waals surface area contributed by atoms with Gasteiger partial charge < -0.3 is 10.5 Å². The van der Waals surface area contributed by atoms with Crippen LogP contribution in [0.3, 0.4) is 0 Å². The first-order chi connectivity index (χ1) is 2.80. The van der Waals surface area contributed by atoms with Crippen molar-refractivity contribution in [1.82, 2.24) is 0 Å². The molecule has 4 heteroatoms. The minimum absolute atomic E-state index is 0. The summed E-state index contributed by atoms with van der Waals surface area (Å²) < 4.78 is 4.28. The zero-order valence-corrected chi connectivity index (χ0v) is 5.30. The van der Waals surface area contributed by atoms with Gasteiger partial charge in [-0.1, -0.05) is 0 Å². The molecule has 42 valence electrons. The van der Waals surface area contributed by atoms with Gasteiger partial charge in [0.15, 0.2) is 0 Å². The molecule has 0 aromatic heterocycles. The first-order valence-electron chi connectivity index (χ1n) is 1.73. The normalized spacial score (nSPS) is 27.0. The Balaban J connectivity index is 0.000000360. The maximum absolute atomic E-state index is 9.88. The van der Waals surface area contributed by atoms with Crippen molar-refractivity contribution in [3.05, 3.63) is 0 Å². The summed E-state index contributed by atoms with van der Waals surface area (Å²) in [4.78, 5) is 9.88. The number of cyclic esters (lactones) is 1. The number of halogens is 1. The molecular weight excluding hydrogens is 162 g/mol. The first-order valence-corrected chi connectivity index (χ1v) is 1.73. The van der Waals surface area contributed by atoms with Gasteiger partial charge in [-0.2, -0.15) is 0 Å². The Bertz CT molecular complexity index is 85.0. The minimum Gasteiger partial charge on any atom is -0.462 e. The average molecular weight is 168 g/mol. The Hall–Kier alpha value is -0.0900. The van der Waals surface area contributed by atoms with E-state index in [9.17, 15) is 4.79 Å². The Morgan fingerprint density at radius 3 is 2.29 bits per heavy atom. The summed E-state index contributed by atoms with van der Waals surface area (Å²) in [5, 5.41) is 0. The minimum atomic E-state index is -0.329. The molecule has 1 aliphatic heterocycles. The molecule has 0 bridgehead atoms. The van der Waals surface area contributed by atoms with Crippen LogP contribution in [0.4, 0.5) is 0 Å². The van der Waals surface area contributed by atoms with Crippen molar-refractivity contribution in [3.63, 3.8) is 0 Å². The highest BCUT2D eigenvalue weighted by atomic mass is 79.9. The predicted octanol–water partition coefficient (Wildman–Crippen LogP) is -0.552. The van der Waals surface area contributed by atoms with Gasteiger partial charge in [-0.05, 0) is 0 Å². The van der Waals surface area contributed by atoms with Crippen molar-refractivity contribution in [1.29, 1.82) is 0 Å². The van der Waals surface area contributed by atoms with Gasteiger partial charge in [-0.25, -0.2) is 0 Å². The van der Waals surface area contributed by atoms with Crippen LogP contribution >= 0.6 is 17.0 Å². The van der Waals surface area contributed by atoms with Crippen molar-refractivity contribution in [2.75, 3.05) is 6.61 Å². The third kappa shape index (κ3) is 1.14. The Morgan fingerprint density at radius 1 is 1.86 bits per heavy atom. The summed E-state index contributed by atoms with van der Waals surface area (Å²) in [5.74, 6) is -0.282. The second kappa shape index (κ2) is 2.28. The number of hydrogen-bond donors (Lipinski definition) is 1. The van der Waals surface area contributed by atoms with E-state index in [1.54, 1.807) is 0 Å². The molecule has 1 aliphatic rings.